The van der Waals surface area contributed by atoms with Crippen molar-refractivity contribution in [2.24, 2.45) is 0 Å². The van der Waals surface area contributed by atoms with Gasteiger partial charge in [-0.2, -0.15) is 0 Å². The zero-order valence-corrected chi connectivity index (χ0v) is 11.5. The number of ether oxygens (including phenoxy) is 2. The van der Waals surface area contributed by atoms with Crippen molar-refractivity contribution in [1.29, 1.82) is 0 Å². The van der Waals surface area contributed by atoms with Gasteiger partial charge in [-0.05, 0) is 24.8 Å². The lowest BCUT2D eigenvalue weighted by molar-refractivity contribution is -0.146. The van der Waals surface area contributed by atoms with Crippen LogP contribution in [0.15, 0.2) is 30.3 Å². The van der Waals surface area contributed by atoms with E-state index in [-0.39, 0.29) is 24.7 Å². The molecule has 0 saturated heterocycles. The highest BCUT2D eigenvalue weighted by molar-refractivity contribution is 5.68. The van der Waals surface area contributed by atoms with Crippen LogP contribution in [0.1, 0.15) is 31.7 Å². The van der Waals surface area contributed by atoms with Crippen LogP contribution in [0.3, 0.4) is 0 Å². The molecule has 1 aliphatic rings. The van der Waals surface area contributed by atoms with Crippen molar-refractivity contribution in [3.05, 3.63) is 35.9 Å². The number of carbonyl (C=O) groups is 2. The molecule has 2 rings (SSSR count). The molecule has 0 aliphatic heterocycles. The van der Waals surface area contributed by atoms with Crippen molar-refractivity contribution in [1.82, 2.24) is 5.32 Å². The lowest BCUT2D eigenvalue weighted by Gasteiger charge is -2.20. The highest BCUT2D eigenvalue weighted by Gasteiger charge is 2.31. The Morgan fingerprint density at radius 1 is 1.25 bits per heavy atom. The molecule has 5 nitrogen and oxygen atoms in total. The third-order valence-corrected chi connectivity index (χ3v) is 3.29. The first kappa shape index (κ1) is 14.4. The maximum atomic E-state index is 11.7. The van der Waals surface area contributed by atoms with E-state index in [0.717, 1.165) is 24.8 Å². The van der Waals surface area contributed by atoms with E-state index < -0.39 is 6.09 Å². The molecule has 1 N–H and O–H groups in total. The van der Waals surface area contributed by atoms with Gasteiger partial charge in [0.05, 0.1) is 6.04 Å². The molecular formula is C15H19NO4. The number of carbonyl (C=O) groups excluding carboxylic acids is 2. The summed E-state index contributed by atoms with van der Waals surface area (Å²) in [4.78, 5) is 22.7. The molecule has 1 amide bonds. The quantitative estimate of drug-likeness (QED) is 0.858. The molecule has 0 aromatic heterocycles. The van der Waals surface area contributed by atoms with Gasteiger partial charge in [-0.1, -0.05) is 30.3 Å². The Hall–Kier alpha value is -2.04. The Morgan fingerprint density at radius 2 is 2.00 bits per heavy atom. The second-order valence-corrected chi connectivity index (χ2v) is 4.89. The number of hydrogen-bond acceptors (Lipinski definition) is 4. The number of amides is 1. The molecule has 0 radical (unpaired) electrons. The monoisotopic (exact) mass is 277 g/mol. The standard InChI is InChI=1S/C15H19NO4/c1-11(17)20-14-9-5-8-13(14)16-15(18)19-10-12-6-3-2-4-7-12/h2-4,6-7,13-14H,5,8-10H2,1H3,(H,16,18)/t13-,14+/m0/s1. The summed E-state index contributed by atoms with van der Waals surface area (Å²) in [5.74, 6) is -0.318. The molecule has 1 aromatic carbocycles. The third kappa shape index (κ3) is 4.26. The van der Waals surface area contributed by atoms with E-state index in [4.69, 9.17) is 9.47 Å². The van der Waals surface area contributed by atoms with Gasteiger partial charge >= 0.3 is 12.1 Å². The molecular weight excluding hydrogens is 258 g/mol. The van der Waals surface area contributed by atoms with Crippen molar-refractivity contribution in [2.45, 2.75) is 44.9 Å². The van der Waals surface area contributed by atoms with Crippen LogP contribution in [0.4, 0.5) is 4.79 Å². The van der Waals surface area contributed by atoms with Gasteiger partial charge in [-0.15, -0.1) is 0 Å². The Balaban J connectivity index is 1.77. The summed E-state index contributed by atoms with van der Waals surface area (Å²) in [6.07, 6.45) is 1.80. The van der Waals surface area contributed by atoms with E-state index in [2.05, 4.69) is 5.32 Å². The average Bonchev–Trinajstić information content (AvgIpc) is 2.84. The average molecular weight is 277 g/mol. The Labute approximate surface area is 118 Å². The van der Waals surface area contributed by atoms with Crippen LogP contribution >= 0.6 is 0 Å². The number of nitrogens with one attached hydrogen (secondary N) is 1. The largest absolute Gasteiger partial charge is 0.460 e. The van der Waals surface area contributed by atoms with Gasteiger partial charge in [0, 0.05) is 6.92 Å². The molecule has 0 heterocycles. The highest BCUT2D eigenvalue weighted by Crippen LogP contribution is 2.22. The topological polar surface area (TPSA) is 64.6 Å². The molecule has 108 valence electrons. The van der Waals surface area contributed by atoms with Gasteiger partial charge in [-0.25, -0.2) is 4.79 Å². The van der Waals surface area contributed by atoms with Crippen LogP contribution in [0, 0.1) is 0 Å². The van der Waals surface area contributed by atoms with Gasteiger partial charge < -0.3 is 14.8 Å². The smallest absolute Gasteiger partial charge is 0.407 e. The first-order chi connectivity index (χ1) is 9.65. The van der Waals surface area contributed by atoms with Crippen LogP contribution in [-0.2, 0) is 20.9 Å². The maximum Gasteiger partial charge on any atom is 0.407 e. The zero-order chi connectivity index (χ0) is 14.4. The minimum atomic E-state index is -0.474. The predicted molar refractivity (Wildman–Crippen MR) is 73.0 cm³/mol. The number of rotatable bonds is 4. The normalized spacial score (nSPS) is 21.2. The SMILES string of the molecule is CC(=O)O[C@@H]1CCC[C@@H]1NC(=O)OCc1ccccc1. The van der Waals surface area contributed by atoms with E-state index in [9.17, 15) is 9.59 Å². The lowest BCUT2D eigenvalue weighted by atomic mass is 10.2. The van der Waals surface area contributed by atoms with Crippen LogP contribution in [-0.4, -0.2) is 24.2 Å². The second-order valence-electron chi connectivity index (χ2n) is 4.89. The number of alkyl carbamates (subject to hydrolysis) is 1. The first-order valence-corrected chi connectivity index (χ1v) is 6.79. The molecule has 0 unspecified atom stereocenters. The summed E-state index contributed by atoms with van der Waals surface area (Å²) in [6.45, 7) is 1.61. The molecule has 1 aliphatic carbocycles. The minimum absolute atomic E-state index is 0.151. The van der Waals surface area contributed by atoms with E-state index in [1.54, 1.807) is 0 Å². The van der Waals surface area contributed by atoms with Gasteiger partial charge in [0.15, 0.2) is 0 Å². The lowest BCUT2D eigenvalue weighted by Crippen LogP contribution is -2.41. The van der Waals surface area contributed by atoms with Crippen LogP contribution in [0.25, 0.3) is 0 Å². The number of benzene rings is 1. The van der Waals surface area contributed by atoms with Gasteiger partial charge in [0.1, 0.15) is 12.7 Å². The summed E-state index contributed by atoms with van der Waals surface area (Å²) in [5, 5.41) is 2.77. The van der Waals surface area contributed by atoms with Crippen molar-refractivity contribution in [3.63, 3.8) is 0 Å². The highest BCUT2D eigenvalue weighted by atomic mass is 16.6. The fraction of sp³-hybridized carbons (Fsp3) is 0.467. The van der Waals surface area contributed by atoms with Gasteiger partial charge in [0.25, 0.3) is 0 Å². The summed E-state index contributed by atoms with van der Waals surface area (Å²) < 4.78 is 10.3. The Kier molecular flexibility index (Phi) is 4.98. The van der Waals surface area contributed by atoms with E-state index in [1.807, 2.05) is 30.3 Å². The predicted octanol–water partition coefficient (Wildman–Crippen LogP) is 2.40. The summed E-state index contributed by atoms with van der Waals surface area (Å²) in [7, 11) is 0. The van der Waals surface area contributed by atoms with Crippen molar-refractivity contribution in [2.75, 3.05) is 0 Å². The summed E-state index contributed by atoms with van der Waals surface area (Å²) in [5.41, 5.74) is 0.936. The van der Waals surface area contributed by atoms with E-state index in [0.29, 0.717) is 0 Å². The molecule has 5 heteroatoms. The third-order valence-electron chi connectivity index (χ3n) is 3.29. The van der Waals surface area contributed by atoms with Gasteiger partial charge in [0.2, 0.25) is 0 Å². The molecule has 1 saturated carbocycles. The number of esters is 1. The van der Waals surface area contributed by atoms with Crippen molar-refractivity contribution >= 4 is 12.1 Å². The van der Waals surface area contributed by atoms with Crippen molar-refractivity contribution in [3.8, 4) is 0 Å². The number of hydrogen-bond donors (Lipinski definition) is 1. The van der Waals surface area contributed by atoms with Crippen LogP contribution in [0.2, 0.25) is 0 Å². The van der Waals surface area contributed by atoms with E-state index >= 15 is 0 Å². The molecule has 1 aromatic rings. The molecule has 1 fully saturated rings. The van der Waals surface area contributed by atoms with Crippen LogP contribution in [0.5, 0.6) is 0 Å². The van der Waals surface area contributed by atoms with Crippen molar-refractivity contribution < 1.29 is 19.1 Å². The first-order valence-electron chi connectivity index (χ1n) is 6.79. The second kappa shape index (κ2) is 6.93. The molecule has 2 atom stereocenters. The molecule has 20 heavy (non-hydrogen) atoms. The fourth-order valence-electron chi connectivity index (χ4n) is 2.36. The summed E-state index contributed by atoms with van der Waals surface area (Å²) in [6, 6.07) is 9.33. The molecule has 0 bridgehead atoms. The molecule has 0 spiro atoms. The van der Waals surface area contributed by atoms with Gasteiger partial charge in [-0.3, -0.25) is 4.79 Å². The Bertz CT molecular complexity index is 460. The maximum absolute atomic E-state index is 11.7. The fourth-order valence-corrected chi connectivity index (χ4v) is 2.36. The van der Waals surface area contributed by atoms with Crippen LogP contribution < -0.4 is 5.32 Å². The summed E-state index contributed by atoms with van der Waals surface area (Å²) >= 11 is 0. The minimum Gasteiger partial charge on any atom is -0.460 e. The zero-order valence-electron chi connectivity index (χ0n) is 11.5. The Morgan fingerprint density at radius 3 is 2.70 bits per heavy atom. The van der Waals surface area contributed by atoms with E-state index in [1.165, 1.54) is 6.92 Å².